The van der Waals surface area contributed by atoms with E-state index in [0.717, 1.165) is 16.2 Å². The average molecular weight is 255 g/mol. The molecule has 1 aliphatic rings. The van der Waals surface area contributed by atoms with Gasteiger partial charge < -0.3 is 5.32 Å². The number of anilines is 1. The summed E-state index contributed by atoms with van der Waals surface area (Å²) in [5, 5.41) is 3.49. The van der Waals surface area contributed by atoms with Gasteiger partial charge in [-0.15, -0.1) is 0 Å². The van der Waals surface area contributed by atoms with Crippen molar-refractivity contribution in [3.05, 3.63) is 22.8 Å². The highest BCUT2D eigenvalue weighted by Gasteiger charge is 2.38. The monoisotopic (exact) mass is 254 g/mol. The van der Waals surface area contributed by atoms with Gasteiger partial charge in [-0.05, 0) is 60.7 Å². The predicted octanol–water partition coefficient (Wildman–Crippen LogP) is 3.44. The maximum absolute atomic E-state index is 4.32. The van der Waals surface area contributed by atoms with E-state index in [1.807, 2.05) is 18.3 Å². The summed E-state index contributed by atoms with van der Waals surface area (Å²) in [6.07, 6.45) is 4.49. The van der Waals surface area contributed by atoms with Crippen LogP contribution in [0.2, 0.25) is 0 Å². The summed E-state index contributed by atoms with van der Waals surface area (Å²) >= 11 is 3.49. The molecule has 0 saturated heterocycles. The molecule has 1 aromatic rings. The number of hydrogen-bond donors (Lipinski definition) is 1. The Hall–Kier alpha value is -0.570. The van der Waals surface area contributed by atoms with Crippen molar-refractivity contribution in [2.24, 2.45) is 5.92 Å². The summed E-state index contributed by atoms with van der Waals surface area (Å²) in [7, 11) is 0. The van der Waals surface area contributed by atoms with Gasteiger partial charge in [-0.3, -0.25) is 0 Å². The van der Waals surface area contributed by atoms with E-state index in [1.165, 1.54) is 12.8 Å². The molecule has 76 valence electrons. The second-order valence-electron chi connectivity index (χ2n) is 4.45. The zero-order chi connectivity index (χ0) is 10.2. The standard InChI is InChI=1S/C11H15BrN2/c1-11(2,8-5-6-8)14-10-9(12)4-3-7-13-10/h3-4,7-8H,5-6H2,1-2H3,(H,13,14). The summed E-state index contributed by atoms with van der Waals surface area (Å²) in [6, 6.07) is 3.94. The molecule has 0 bridgehead atoms. The summed E-state index contributed by atoms with van der Waals surface area (Å²) < 4.78 is 1.04. The van der Waals surface area contributed by atoms with E-state index in [2.05, 4.69) is 40.1 Å². The van der Waals surface area contributed by atoms with Crippen LogP contribution in [0.3, 0.4) is 0 Å². The van der Waals surface area contributed by atoms with Crippen LogP contribution in [-0.4, -0.2) is 10.5 Å². The molecule has 0 radical (unpaired) electrons. The summed E-state index contributed by atoms with van der Waals surface area (Å²) in [6.45, 7) is 4.48. The zero-order valence-corrected chi connectivity index (χ0v) is 10.1. The lowest BCUT2D eigenvalue weighted by Crippen LogP contribution is -2.33. The molecule has 1 aliphatic carbocycles. The van der Waals surface area contributed by atoms with Crippen LogP contribution in [0.1, 0.15) is 26.7 Å². The van der Waals surface area contributed by atoms with Gasteiger partial charge in [0.25, 0.3) is 0 Å². The third-order valence-corrected chi connectivity index (χ3v) is 3.44. The fraction of sp³-hybridized carbons (Fsp3) is 0.545. The number of halogens is 1. The Balaban J connectivity index is 2.13. The van der Waals surface area contributed by atoms with Crippen LogP contribution in [0.15, 0.2) is 22.8 Å². The van der Waals surface area contributed by atoms with Gasteiger partial charge in [-0.2, -0.15) is 0 Å². The molecular formula is C11H15BrN2. The molecule has 2 rings (SSSR count). The molecule has 1 N–H and O–H groups in total. The smallest absolute Gasteiger partial charge is 0.140 e. The molecule has 1 aromatic heterocycles. The molecule has 0 unspecified atom stereocenters. The Labute approximate surface area is 93.3 Å². The van der Waals surface area contributed by atoms with Crippen molar-refractivity contribution in [1.82, 2.24) is 4.98 Å². The molecule has 0 aromatic carbocycles. The first-order chi connectivity index (χ1) is 6.59. The van der Waals surface area contributed by atoms with Crippen LogP contribution in [0.4, 0.5) is 5.82 Å². The minimum atomic E-state index is 0.164. The molecule has 0 aliphatic heterocycles. The van der Waals surface area contributed by atoms with Gasteiger partial charge in [0.05, 0.1) is 4.47 Å². The van der Waals surface area contributed by atoms with E-state index >= 15 is 0 Å². The average Bonchev–Trinajstić information content (AvgIpc) is 2.91. The van der Waals surface area contributed by atoms with Crippen molar-refractivity contribution in [1.29, 1.82) is 0 Å². The number of rotatable bonds is 3. The zero-order valence-electron chi connectivity index (χ0n) is 8.55. The summed E-state index contributed by atoms with van der Waals surface area (Å²) in [4.78, 5) is 4.32. The van der Waals surface area contributed by atoms with Crippen molar-refractivity contribution in [2.75, 3.05) is 5.32 Å². The van der Waals surface area contributed by atoms with Crippen molar-refractivity contribution in [3.63, 3.8) is 0 Å². The minimum Gasteiger partial charge on any atom is -0.364 e. The molecular weight excluding hydrogens is 240 g/mol. The Bertz CT molecular complexity index is 332. The van der Waals surface area contributed by atoms with Crippen molar-refractivity contribution in [3.8, 4) is 0 Å². The summed E-state index contributed by atoms with van der Waals surface area (Å²) in [5.74, 6) is 1.75. The second kappa shape index (κ2) is 3.54. The van der Waals surface area contributed by atoms with Crippen LogP contribution >= 0.6 is 15.9 Å². The Kier molecular flexibility index (Phi) is 2.52. The van der Waals surface area contributed by atoms with E-state index in [4.69, 9.17) is 0 Å². The van der Waals surface area contributed by atoms with Crippen molar-refractivity contribution in [2.45, 2.75) is 32.2 Å². The lowest BCUT2D eigenvalue weighted by molar-refractivity contribution is 0.492. The first-order valence-electron chi connectivity index (χ1n) is 4.98. The van der Waals surface area contributed by atoms with E-state index in [-0.39, 0.29) is 5.54 Å². The van der Waals surface area contributed by atoms with Gasteiger partial charge in [0.15, 0.2) is 0 Å². The van der Waals surface area contributed by atoms with Gasteiger partial charge in [0.1, 0.15) is 5.82 Å². The van der Waals surface area contributed by atoms with Crippen molar-refractivity contribution < 1.29 is 0 Å². The van der Waals surface area contributed by atoms with Crippen LogP contribution < -0.4 is 5.32 Å². The lowest BCUT2D eigenvalue weighted by Gasteiger charge is -2.27. The second-order valence-corrected chi connectivity index (χ2v) is 5.31. The number of nitrogens with zero attached hydrogens (tertiary/aromatic N) is 1. The number of pyridine rings is 1. The largest absolute Gasteiger partial charge is 0.364 e. The Morgan fingerprint density at radius 2 is 2.21 bits per heavy atom. The summed E-state index contributed by atoms with van der Waals surface area (Å²) in [5.41, 5.74) is 0.164. The van der Waals surface area contributed by atoms with E-state index in [0.29, 0.717) is 0 Å². The highest BCUT2D eigenvalue weighted by Crippen LogP contribution is 2.41. The first-order valence-corrected chi connectivity index (χ1v) is 5.77. The van der Waals surface area contributed by atoms with Crippen molar-refractivity contribution >= 4 is 21.7 Å². The third kappa shape index (κ3) is 2.08. The van der Waals surface area contributed by atoms with Gasteiger partial charge in [0.2, 0.25) is 0 Å². The Morgan fingerprint density at radius 1 is 1.50 bits per heavy atom. The quantitative estimate of drug-likeness (QED) is 0.894. The molecule has 2 nitrogen and oxygen atoms in total. The predicted molar refractivity (Wildman–Crippen MR) is 62.4 cm³/mol. The third-order valence-electron chi connectivity index (χ3n) is 2.80. The van der Waals surface area contributed by atoms with Gasteiger partial charge in [-0.25, -0.2) is 4.98 Å². The first kappa shape index (κ1) is 9.97. The van der Waals surface area contributed by atoms with Gasteiger partial charge >= 0.3 is 0 Å². The molecule has 1 heterocycles. The minimum absolute atomic E-state index is 0.164. The normalized spacial score (nSPS) is 16.8. The van der Waals surface area contributed by atoms with Crippen LogP contribution in [0, 0.1) is 5.92 Å². The molecule has 3 heteroatoms. The number of nitrogens with one attached hydrogen (secondary N) is 1. The maximum Gasteiger partial charge on any atom is 0.140 e. The van der Waals surface area contributed by atoms with Gasteiger partial charge in [0, 0.05) is 11.7 Å². The van der Waals surface area contributed by atoms with Gasteiger partial charge in [-0.1, -0.05) is 0 Å². The molecule has 0 spiro atoms. The number of aromatic nitrogens is 1. The number of hydrogen-bond acceptors (Lipinski definition) is 2. The fourth-order valence-electron chi connectivity index (χ4n) is 1.69. The van der Waals surface area contributed by atoms with E-state index in [9.17, 15) is 0 Å². The maximum atomic E-state index is 4.32. The molecule has 14 heavy (non-hydrogen) atoms. The fourth-order valence-corrected chi connectivity index (χ4v) is 2.04. The molecule has 1 saturated carbocycles. The molecule has 0 amide bonds. The molecule has 0 atom stereocenters. The highest BCUT2D eigenvalue weighted by atomic mass is 79.9. The van der Waals surface area contributed by atoms with Crippen LogP contribution in [0.25, 0.3) is 0 Å². The topological polar surface area (TPSA) is 24.9 Å². The highest BCUT2D eigenvalue weighted by molar-refractivity contribution is 9.10. The Morgan fingerprint density at radius 3 is 2.79 bits per heavy atom. The SMILES string of the molecule is CC(C)(Nc1ncccc1Br)C1CC1. The molecule has 1 fully saturated rings. The van der Waals surface area contributed by atoms with E-state index in [1.54, 1.807) is 0 Å². The van der Waals surface area contributed by atoms with Crippen LogP contribution in [-0.2, 0) is 0 Å². The van der Waals surface area contributed by atoms with Crippen LogP contribution in [0.5, 0.6) is 0 Å². The lowest BCUT2D eigenvalue weighted by atomic mass is 9.99. The van der Waals surface area contributed by atoms with E-state index < -0.39 is 0 Å².